The predicted octanol–water partition coefficient (Wildman–Crippen LogP) is 1.30. The van der Waals surface area contributed by atoms with Crippen molar-refractivity contribution in [3.05, 3.63) is 35.0 Å². The normalized spacial score (nSPS) is 11.1. The van der Waals surface area contributed by atoms with Crippen LogP contribution >= 0.6 is 15.9 Å². The summed E-state index contributed by atoms with van der Waals surface area (Å²) in [5.74, 6) is 0. The lowest BCUT2D eigenvalue weighted by Gasteiger charge is -2.00. The van der Waals surface area contributed by atoms with Gasteiger partial charge >= 0.3 is 0 Å². The maximum absolute atomic E-state index is 7.70. The van der Waals surface area contributed by atoms with Gasteiger partial charge in [-0.05, 0) is 15.9 Å². The van der Waals surface area contributed by atoms with Gasteiger partial charge in [-0.2, -0.15) is 0 Å². The molecule has 0 atom stereocenters. The molecule has 0 aliphatic carbocycles. The van der Waals surface area contributed by atoms with E-state index in [-0.39, 0.29) is 0 Å². The van der Waals surface area contributed by atoms with E-state index in [1.54, 1.807) is 25.6 Å². The molecule has 5 heteroatoms. The first-order valence-electron chi connectivity index (χ1n) is 3.63. The molecule has 1 rings (SSSR count). The Bertz CT molecular complexity index is 320. The zero-order chi connectivity index (χ0) is 9.68. The first kappa shape index (κ1) is 9.85. The summed E-state index contributed by atoms with van der Waals surface area (Å²) in [4.78, 5) is 7.66. The highest BCUT2D eigenvalue weighted by molar-refractivity contribution is 9.12. The van der Waals surface area contributed by atoms with Gasteiger partial charge in [0.15, 0.2) is 0 Å². The quantitative estimate of drug-likeness (QED) is 0.784. The number of rotatable bonds is 3. The molecule has 0 fully saturated rings. The zero-order valence-corrected chi connectivity index (χ0v) is 8.67. The highest BCUT2D eigenvalue weighted by Gasteiger charge is 2.04. The van der Waals surface area contributed by atoms with Crippen molar-refractivity contribution in [1.29, 1.82) is 5.41 Å². The smallest absolute Gasteiger partial charge is 0.115 e. The number of nitrogens with zero attached hydrogens (tertiary/aromatic N) is 2. The second-order valence-electron chi connectivity index (χ2n) is 2.28. The Hall–Kier alpha value is -1.23. The molecule has 0 radical (unpaired) electrons. The van der Waals surface area contributed by atoms with Gasteiger partial charge in [0, 0.05) is 31.2 Å². The van der Waals surface area contributed by atoms with E-state index in [9.17, 15) is 0 Å². The second-order valence-corrected chi connectivity index (χ2v) is 3.14. The van der Waals surface area contributed by atoms with Crippen molar-refractivity contribution in [1.82, 2.24) is 15.3 Å². The summed E-state index contributed by atoms with van der Waals surface area (Å²) < 4.78 is 0.671. The number of hydrogen-bond acceptors (Lipinski definition) is 4. The van der Waals surface area contributed by atoms with Crippen LogP contribution < -0.4 is 5.32 Å². The van der Waals surface area contributed by atoms with Crippen molar-refractivity contribution in [3.8, 4) is 0 Å². The third kappa shape index (κ3) is 2.62. The van der Waals surface area contributed by atoms with Crippen molar-refractivity contribution in [2.24, 2.45) is 0 Å². The molecule has 0 amide bonds. The molecule has 0 aliphatic heterocycles. The highest BCUT2D eigenvalue weighted by atomic mass is 79.9. The van der Waals surface area contributed by atoms with E-state index < -0.39 is 0 Å². The Labute approximate surface area is 84.7 Å². The molecular weight excluding hydrogens is 232 g/mol. The SMILES string of the molecule is CN/C=C(/Br)C(=N)c1cncnc1. The Morgan fingerprint density at radius 1 is 1.54 bits per heavy atom. The van der Waals surface area contributed by atoms with E-state index in [0.717, 1.165) is 0 Å². The summed E-state index contributed by atoms with van der Waals surface area (Å²) in [7, 11) is 1.77. The van der Waals surface area contributed by atoms with Crippen LogP contribution in [0.2, 0.25) is 0 Å². The summed E-state index contributed by atoms with van der Waals surface area (Å²) in [6.07, 6.45) is 6.32. The van der Waals surface area contributed by atoms with Crippen molar-refractivity contribution >= 4 is 21.6 Å². The van der Waals surface area contributed by atoms with Gasteiger partial charge in [-0.1, -0.05) is 0 Å². The zero-order valence-electron chi connectivity index (χ0n) is 7.08. The fourth-order valence-corrected chi connectivity index (χ4v) is 1.22. The lowest BCUT2D eigenvalue weighted by Crippen LogP contribution is -2.03. The molecular formula is C8H9BrN4. The minimum absolute atomic E-state index is 0.356. The number of aromatic nitrogens is 2. The van der Waals surface area contributed by atoms with E-state index in [1.165, 1.54) is 6.33 Å². The Kier molecular flexibility index (Phi) is 3.57. The first-order valence-corrected chi connectivity index (χ1v) is 4.42. The standard InChI is InChI=1S/C8H9BrN4/c1-11-4-7(9)8(10)6-2-12-5-13-3-6/h2-5,10-11H,1H3/b7-4+,10-8?. The van der Waals surface area contributed by atoms with Crippen LogP contribution in [0, 0.1) is 5.41 Å². The average Bonchev–Trinajstić information content (AvgIpc) is 2.18. The lowest BCUT2D eigenvalue weighted by molar-refractivity contribution is 1.10. The van der Waals surface area contributed by atoms with Crippen LogP contribution in [0.4, 0.5) is 0 Å². The molecule has 1 aromatic rings. The minimum atomic E-state index is 0.356. The molecule has 1 heterocycles. The Balaban J connectivity index is 2.86. The molecule has 1 aromatic heterocycles. The number of nitrogens with one attached hydrogen (secondary N) is 2. The summed E-state index contributed by atoms with van der Waals surface area (Å²) in [5.41, 5.74) is 1.04. The molecule has 0 bridgehead atoms. The Morgan fingerprint density at radius 2 is 2.15 bits per heavy atom. The van der Waals surface area contributed by atoms with Crippen LogP contribution in [0.3, 0.4) is 0 Å². The molecule has 0 saturated carbocycles. The van der Waals surface area contributed by atoms with Gasteiger partial charge in [0.2, 0.25) is 0 Å². The van der Waals surface area contributed by atoms with Crippen molar-refractivity contribution < 1.29 is 0 Å². The molecule has 0 aromatic carbocycles. The molecule has 0 aliphatic rings. The molecule has 2 N–H and O–H groups in total. The fourth-order valence-electron chi connectivity index (χ4n) is 0.765. The van der Waals surface area contributed by atoms with E-state index >= 15 is 0 Å². The molecule has 13 heavy (non-hydrogen) atoms. The second kappa shape index (κ2) is 4.71. The van der Waals surface area contributed by atoms with Gasteiger partial charge in [0.1, 0.15) is 6.33 Å². The summed E-state index contributed by atoms with van der Waals surface area (Å²) in [6.45, 7) is 0. The molecule has 68 valence electrons. The van der Waals surface area contributed by atoms with Gasteiger partial charge in [-0.25, -0.2) is 9.97 Å². The molecule has 0 saturated heterocycles. The molecule has 0 spiro atoms. The predicted molar refractivity (Wildman–Crippen MR) is 54.9 cm³/mol. The van der Waals surface area contributed by atoms with Crippen LogP contribution in [-0.4, -0.2) is 22.7 Å². The third-order valence-electron chi connectivity index (χ3n) is 1.36. The van der Waals surface area contributed by atoms with Gasteiger partial charge in [-0.15, -0.1) is 0 Å². The number of halogens is 1. The van der Waals surface area contributed by atoms with E-state index in [0.29, 0.717) is 15.8 Å². The van der Waals surface area contributed by atoms with Crippen molar-refractivity contribution in [2.45, 2.75) is 0 Å². The van der Waals surface area contributed by atoms with E-state index in [1.807, 2.05) is 0 Å². The average molecular weight is 241 g/mol. The lowest BCUT2D eigenvalue weighted by atomic mass is 10.2. The maximum Gasteiger partial charge on any atom is 0.115 e. The van der Waals surface area contributed by atoms with Gasteiger partial charge < -0.3 is 5.32 Å². The Morgan fingerprint density at radius 3 is 2.69 bits per heavy atom. The van der Waals surface area contributed by atoms with Crippen LogP contribution in [0.25, 0.3) is 0 Å². The van der Waals surface area contributed by atoms with Gasteiger partial charge in [0.05, 0.1) is 10.2 Å². The monoisotopic (exact) mass is 240 g/mol. The number of allylic oxidation sites excluding steroid dienone is 1. The number of hydrogen-bond donors (Lipinski definition) is 2. The van der Waals surface area contributed by atoms with Gasteiger partial charge in [0.25, 0.3) is 0 Å². The van der Waals surface area contributed by atoms with Crippen LogP contribution in [0.5, 0.6) is 0 Å². The van der Waals surface area contributed by atoms with E-state index in [2.05, 4.69) is 31.2 Å². The van der Waals surface area contributed by atoms with E-state index in [4.69, 9.17) is 5.41 Å². The maximum atomic E-state index is 7.70. The minimum Gasteiger partial charge on any atom is -0.393 e. The summed E-state index contributed by atoms with van der Waals surface area (Å²) in [6, 6.07) is 0. The molecule has 4 nitrogen and oxygen atoms in total. The van der Waals surface area contributed by atoms with Crippen LogP contribution in [-0.2, 0) is 0 Å². The fraction of sp³-hybridized carbons (Fsp3) is 0.125. The summed E-state index contributed by atoms with van der Waals surface area (Å²) >= 11 is 3.26. The van der Waals surface area contributed by atoms with Crippen LogP contribution in [0.1, 0.15) is 5.56 Å². The van der Waals surface area contributed by atoms with Gasteiger partial charge in [-0.3, -0.25) is 5.41 Å². The highest BCUT2D eigenvalue weighted by Crippen LogP contribution is 2.10. The summed E-state index contributed by atoms with van der Waals surface area (Å²) in [5, 5.41) is 10.5. The first-order chi connectivity index (χ1) is 6.25. The molecule has 0 unspecified atom stereocenters. The van der Waals surface area contributed by atoms with Crippen molar-refractivity contribution in [2.75, 3.05) is 7.05 Å². The van der Waals surface area contributed by atoms with Crippen molar-refractivity contribution in [3.63, 3.8) is 0 Å². The largest absolute Gasteiger partial charge is 0.393 e. The topological polar surface area (TPSA) is 61.7 Å². The van der Waals surface area contributed by atoms with Crippen LogP contribution in [0.15, 0.2) is 29.4 Å². The third-order valence-corrected chi connectivity index (χ3v) is 1.98.